The second-order valence-electron chi connectivity index (χ2n) is 6.29. The highest BCUT2D eigenvalue weighted by molar-refractivity contribution is 5.83. The van der Waals surface area contributed by atoms with E-state index in [0.29, 0.717) is 11.5 Å². The third-order valence-electron chi connectivity index (χ3n) is 2.93. The van der Waals surface area contributed by atoms with Crippen LogP contribution in [0.15, 0.2) is 0 Å². The summed E-state index contributed by atoms with van der Waals surface area (Å²) in [6.45, 7) is 8.13. The summed E-state index contributed by atoms with van der Waals surface area (Å²) < 4.78 is 0. The molecule has 0 aromatic heterocycles. The summed E-state index contributed by atoms with van der Waals surface area (Å²) in [7, 11) is 0. The van der Waals surface area contributed by atoms with Crippen LogP contribution >= 0.6 is 0 Å². The Balaban J connectivity index is 4.58. The van der Waals surface area contributed by atoms with E-state index in [-0.39, 0.29) is 18.7 Å². The number of carbonyl (C=O) groups excluding carboxylic acids is 3. The maximum atomic E-state index is 11.8. The number of hydroxylamine groups is 3. The number of nitrogens with zero attached hydrogens (tertiary/aromatic N) is 1. The number of carbonyl (C=O) groups is 3. The van der Waals surface area contributed by atoms with Crippen LogP contribution in [0.5, 0.6) is 0 Å². The molecule has 8 nitrogen and oxygen atoms in total. The minimum Gasteiger partial charge on any atom is -0.351 e. The van der Waals surface area contributed by atoms with E-state index in [1.807, 2.05) is 0 Å². The van der Waals surface area contributed by atoms with Crippen LogP contribution in [-0.4, -0.2) is 44.3 Å². The largest absolute Gasteiger partial charge is 0.351 e. The molecule has 0 saturated heterocycles. The van der Waals surface area contributed by atoms with Crippen molar-refractivity contribution < 1.29 is 24.8 Å². The lowest BCUT2D eigenvalue weighted by atomic mass is 9.86. The van der Waals surface area contributed by atoms with E-state index in [2.05, 4.69) is 5.32 Å². The Labute approximate surface area is 124 Å². The molecule has 21 heavy (non-hydrogen) atoms. The van der Waals surface area contributed by atoms with E-state index in [1.54, 1.807) is 27.7 Å². The molecule has 0 heterocycles. The van der Waals surface area contributed by atoms with E-state index in [0.717, 1.165) is 0 Å². The van der Waals surface area contributed by atoms with Crippen molar-refractivity contribution in [3.63, 3.8) is 0 Å². The maximum Gasteiger partial charge on any atom is 0.243 e. The van der Waals surface area contributed by atoms with Crippen LogP contribution in [0.1, 0.15) is 53.9 Å². The average Bonchev–Trinajstić information content (AvgIpc) is 2.32. The van der Waals surface area contributed by atoms with Gasteiger partial charge in [0.2, 0.25) is 17.7 Å². The van der Waals surface area contributed by atoms with Gasteiger partial charge in [0, 0.05) is 25.3 Å². The highest BCUT2D eigenvalue weighted by atomic mass is 16.5. The molecule has 0 aliphatic heterocycles. The molecular formula is C13H25N3O5. The van der Waals surface area contributed by atoms with Crippen molar-refractivity contribution in [3.05, 3.63) is 0 Å². The lowest BCUT2D eigenvalue weighted by Crippen LogP contribution is -2.54. The predicted molar refractivity (Wildman–Crippen MR) is 74.4 cm³/mol. The molecule has 0 aromatic carbocycles. The fourth-order valence-corrected chi connectivity index (χ4v) is 2.35. The SMILES string of the molecule is CC(=O)N(O)C(C)(C)CC(C)(C)NC(=O)CCC(=O)NO. The first-order valence-electron chi connectivity index (χ1n) is 6.65. The van der Waals surface area contributed by atoms with E-state index >= 15 is 0 Å². The zero-order valence-electron chi connectivity index (χ0n) is 13.2. The van der Waals surface area contributed by atoms with Gasteiger partial charge in [-0.1, -0.05) is 0 Å². The lowest BCUT2D eigenvalue weighted by Gasteiger charge is -2.39. The van der Waals surface area contributed by atoms with Gasteiger partial charge in [-0.05, 0) is 34.1 Å². The van der Waals surface area contributed by atoms with Gasteiger partial charge in [-0.2, -0.15) is 0 Å². The van der Waals surface area contributed by atoms with E-state index in [1.165, 1.54) is 12.4 Å². The predicted octanol–water partition coefficient (Wildman–Crippen LogP) is 0.573. The van der Waals surface area contributed by atoms with Gasteiger partial charge in [-0.3, -0.25) is 24.8 Å². The van der Waals surface area contributed by atoms with Crippen LogP contribution in [-0.2, 0) is 14.4 Å². The summed E-state index contributed by atoms with van der Waals surface area (Å²) in [4.78, 5) is 33.8. The van der Waals surface area contributed by atoms with Crippen molar-refractivity contribution in [3.8, 4) is 0 Å². The van der Waals surface area contributed by atoms with Gasteiger partial charge in [0.1, 0.15) is 0 Å². The van der Waals surface area contributed by atoms with Crippen LogP contribution in [0.3, 0.4) is 0 Å². The standard InChI is InChI=1S/C13H25N3O5/c1-9(17)16(21)13(4,5)8-12(2,3)14-10(18)6-7-11(19)15-20/h20-21H,6-8H2,1-5H3,(H,14,18)(H,15,19). The fourth-order valence-electron chi connectivity index (χ4n) is 2.35. The van der Waals surface area contributed by atoms with E-state index in [4.69, 9.17) is 5.21 Å². The molecule has 0 aromatic rings. The number of hydrogen-bond donors (Lipinski definition) is 4. The van der Waals surface area contributed by atoms with Crippen molar-refractivity contribution in [2.75, 3.05) is 0 Å². The van der Waals surface area contributed by atoms with Crippen molar-refractivity contribution >= 4 is 17.7 Å². The smallest absolute Gasteiger partial charge is 0.243 e. The molecule has 0 saturated carbocycles. The molecule has 0 spiro atoms. The second kappa shape index (κ2) is 7.37. The second-order valence-corrected chi connectivity index (χ2v) is 6.29. The van der Waals surface area contributed by atoms with Gasteiger partial charge < -0.3 is 5.32 Å². The van der Waals surface area contributed by atoms with Gasteiger partial charge in [0.15, 0.2) is 0 Å². The summed E-state index contributed by atoms with van der Waals surface area (Å²) in [5.41, 5.74) is -0.0912. The molecule has 0 bridgehead atoms. The Morgan fingerprint density at radius 3 is 1.95 bits per heavy atom. The van der Waals surface area contributed by atoms with Crippen LogP contribution < -0.4 is 10.8 Å². The number of nitrogens with one attached hydrogen (secondary N) is 2. The van der Waals surface area contributed by atoms with Crippen molar-refractivity contribution in [1.29, 1.82) is 0 Å². The number of rotatable bonds is 7. The van der Waals surface area contributed by atoms with Crippen LogP contribution in [0, 0.1) is 0 Å². The Morgan fingerprint density at radius 2 is 1.52 bits per heavy atom. The maximum absolute atomic E-state index is 11.8. The Morgan fingerprint density at radius 1 is 1.05 bits per heavy atom. The molecule has 0 aliphatic rings. The van der Waals surface area contributed by atoms with E-state index < -0.39 is 22.9 Å². The molecule has 3 amide bonds. The first-order chi connectivity index (χ1) is 9.41. The molecule has 0 fully saturated rings. The number of amides is 3. The summed E-state index contributed by atoms with van der Waals surface area (Å²) in [5.74, 6) is -1.48. The zero-order chi connectivity index (χ0) is 16.8. The Bertz CT molecular complexity index is 407. The average molecular weight is 303 g/mol. The Hall–Kier alpha value is -1.67. The molecular weight excluding hydrogens is 278 g/mol. The quantitative estimate of drug-likeness (QED) is 0.405. The first kappa shape index (κ1) is 19.3. The van der Waals surface area contributed by atoms with Gasteiger partial charge >= 0.3 is 0 Å². The molecule has 0 atom stereocenters. The normalized spacial score (nSPS) is 11.8. The Kier molecular flexibility index (Phi) is 6.78. The van der Waals surface area contributed by atoms with Gasteiger partial charge in [-0.15, -0.1) is 0 Å². The molecule has 8 heteroatoms. The highest BCUT2D eigenvalue weighted by Gasteiger charge is 2.35. The summed E-state index contributed by atoms with van der Waals surface area (Å²) in [6, 6.07) is 0. The molecule has 122 valence electrons. The first-order valence-corrected chi connectivity index (χ1v) is 6.65. The van der Waals surface area contributed by atoms with Gasteiger partial charge in [0.25, 0.3) is 0 Å². The van der Waals surface area contributed by atoms with Crippen LogP contribution in [0.2, 0.25) is 0 Å². The minimum atomic E-state index is -0.856. The third-order valence-corrected chi connectivity index (χ3v) is 2.93. The van der Waals surface area contributed by atoms with Crippen molar-refractivity contribution in [2.45, 2.75) is 65.0 Å². The monoisotopic (exact) mass is 303 g/mol. The topological polar surface area (TPSA) is 119 Å². The van der Waals surface area contributed by atoms with Crippen LogP contribution in [0.4, 0.5) is 0 Å². The summed E-state index contributed by atoms with van der Waals surface area (Å²) >= 11 is 0. The third kappa shape index (κ3) is 7.05. The summed E-state index contributed by atoms with van der Waals surface area (Å²) in [5, 5.41) is 21.5. The lowest BCUT2D eigenvalue weighted by molar-refractivity contribution is -0.190. The fraction of sp³-hybridized carbons (Fsp3) is 0.769. The van der Waals surface area contributed by atoms with Crippen LogP contribution in [0.25, 0.3) is 0 Å². The number of hydrogen-bond acceptors (Lipinski definition) is 5. The highest BCUT2D eigenvalue weighted by Crippen LogP contribution is 2.25. The van der Waals surface area contributed by atoms with Crippen molar-refractivity contribution in [2.24, 2.45) is 0 Å². The van der Waals surface area contributed by atoms with Crippen molar-refractivity contribution in [1.82, 2.24) is 15.9 Å². The summed E-state index contributed by atoms with van der Waals surface area (Å²) in [6.07, 6.45) is 0.126. The molecule has 0 radical (unpaired) electrons. The molecule has 4 N–H and O–H groups in total. The van der Waals surface area contributed by atoms with Gasteiger partial charge in [-0.25, -0.2) is 10.5 Å². The zero-order valence-corrected chi connectivity index (χ0v) is 13.2. The van der Waals surface area contributed by atoms with E-state index in [9.17, 15) is 19.6 Å². The minimum absolute atomic E-state index is 0.0637. The molecule has 0 unspecified atom stereocenters. The van der Waals surface area contributed by atoms with Gasteiger partial charge in [0.05, 0.1) is 5.54 Å². The molecule has 0 aliphatic carbocycles. The molecule has 0 rings (SSSR count).